The molecular weight excluding hydrogens is 256 g/mol. The maximum atomic E-state index is 12.2. The quantitative estimate of drug-likeness (QED) is 0.554. The smallest absolute Gasteiger partial charge is 0.309 e. The molecule has 1 saturated carbocycles. The Labute approximate surface area is 122 Å². The summed E-state index contributed by atoms with van der Waals surface area (Å²) in [5.41, 5.74) is 0. The van der Waals surface area contributed by atoms with Crippen LogP contribution in [0.1, 0.15) is 59.3 Å². The van der Waals surface area contributed by atoms with Gasteiger partial charge in [0.25, 0.3) is 0 Å². The largest absolute Gasteiger partial charge is 0.465 e. The third-order valence-electron chi connectivity index (χ3n) is 3.86. The third-order valence-corrected chi connectivity index (χ3v) is 3.86. The van der Waals surface area contributed by atoms with E-state index in [4.69, 9.17) is 9.47 Å². The van der Waals surface area contributed by atoms with E-state index < -0.39 is 0 Å². The highest BCUT2D eigenvalue weighted by atomic mass is 16.5. The minimum atomic E-state index is -0.330. The Hall–Kier alpha value is -1.06. The molecule has 0 aliphatic heterocycles. The minimum Gasteiger partial charge on any atom is -0.465 e. The summed E-state index contributed by atoms with van der Waals surface area (Å²) in [6.07, 6.45) is 5.12. The molecule has 0 aromatic rings. The normalized spacial score (nSPS) is 26.6. The molecule has 20 heavy (non-hydrogen) atoms. The van der Waals surface area contributed by atoms with Gasteiger partial charge in [-0.05, 0) is 31.6 Å². The fraction of sp³-hybridized carbons (Fsp3) is 0.875. The minimum absolute atomic E-state index is 0.223. The summed E-state index contributed by atoms with van der Waals surface area (Å²) in [4.78, 5) is 24.4. The van der Waals surface area contributed by atoms with Crippen molar-refractivity contribution in [2.75, 3.05) is 13.2 Å². The lowest BCUT2D eigenvalue weighted by molar-refractivity contribution is -0.161. The number of rotatable bonds is 6. The Balaban J connectivity index is 2.73. The standard InChI is InChI=1S/C16H28O4/c1-4-9-19-15(17)13-8-6-7-12(3)11-14(13)16(18)20-10-5-2/h12-14H,4-11H2,1-3H3. The molecule has 0 amide bonds. The molecular formula is C16H28O4. The molecule has 1 fully saturated rings. The van der Waals surface area contributed by atoms with Gasteiger partial charge in [-0.15, -0.1) is 0 Å². The van der Waals surface area contributed by atoms with Gasteiger partial charge in [0.2, 0.25) is 0 Å². The number of hydrogen-bond donors (Lipinski definition) is 0. The van der Waals surface area contributed by atoms with Crippen LogP contribution >= 0.6 is 0 Å². The van der Waals surface area contributed by atoms with Crippen molar-refractivity contribution in [3.05, 3.63) is 0 Å². The molecule has 0 saturated heterocycles. The fourth-order valence-corrected chi connectivity index (χ4v) is 2.77. The van der Waals surface area contributed by atoms with Crippen molar-refractivity contribution < 1.29 is 19.1 Å². The Morgan fingerprint density at radius 1 is 0.950 bits per heavy atom. The second-order valence-corrected chi connectivity index (χ2v) is 5.82. The molecule has 4 nitrogen and oxygen atoms in total. The molecule has 3 unspecified atom stereocenters. The van der Waals surface area contributed by atoms with E-state index in [0.717, 1.165) is 38.5 Å². The van der Waals surface area contributed by atoms with Crippen LogP contribution in [-0.4, -0.2) is 25.2 Å². The highest BCUT2D eigenvalue weighted by molar-refractivity contribution is 5.82. The number of carbonyl (C=O) groups is 2. The van der Waals surface area contributed by atoms with Gasteiger partial charge >= 0.3 is 11.9 Å². The van der Waals surface area contributed by atoms with Gasteiger partial charge in [0.1, 0.15) is 0 Å². The molecule has 0 aromatic carbocycles. The highest BCUT2D eigenvalue weighted by Crippen LogP contribution is 2.34. The molecule has 1 aliphatic carbocycles. The topological polar surface area (TPSA) is 52.6 Å². The SMILES string of the molecule is CCCOC(=O)C1CCCC(C)CC1C(=O)OCCC. The van der Waals surface area contributed by atoms with Crippen LogP contribution in [0.3, 0.4) is 0 Å². The lowest BCUT2D eigenvalue weighted by atomic mass is 9.86. The molecule has 0 spiro atoms. The third kappa shape index (κ3) is 5.14. The average molecular weight is 284 g/mol. The van der Waals surface area contributed by atoms with Crippen molar-refractivity contribution in [1.29, 1.82) is 0 Å². The Morgan fingerprint density at radius 2 is 1.50 bits per heavy atom. The van der Waals surface area contributed by atoms with E-state index in [1.807, 2.05) is 13.8 Å². The molecule has 0 aromatic heterocycles. The monoisotopic (exact) mass is 284 g/mol. The second-order valence-electron chi connectivity index (χ2n) is 5.82. The van der Waals surface area contributed by atoms with E-state index in [-0.39, 0.29) is 23.8 Å². The molecule has 0 bridgehead atoms. The Bertz CT molecular complexity index is 314. The molecule has 1 rings (SSSR count). The van der Waals surface area contributed by atoms with Crippen molar-refractivity contribution in [3.63, 3.8) is 0 Å². The predicted molar refractivity (Wildman–Crippen MR) is 77.1 cm³/mol. The zero-order valence-corrected chi connectivity index (χ0v) is 13.0. The van der Waals surface area contributed by atoms with E-state index >= 15 is 0 Å². The summed E-state index contributed by atoms with van der Waals surface area (Å²) in [5, 5.41) is 0. The zero-order valence-electron chi connectivity index (χ0n) is 13.0. The van der Waals surface area contributed by atoms with Crippen LogP contribution in [0.4, 0.5) is 0 Å². The predicted octanol–water partition coefficient (Wildman–Crippen LogP) is 3.34. The van der Waals surface area contributed by atoms with E-state index in [1.54, 1.807) is 0 Å². The highest BCUT2D eigenvalue weighted by Gasteiger charge is 2.38. The van der Waals surface area contributed by atoms with Gasteiger partial charge < -0.3 is 9.47 Å². The number of ether oxygens (including phenoxy) is 2. The van der Waals surface area contributed by atoms with Gasteiger partial charge in [0, 0.05) is 0 Å². The summed E-state index contributed by atoms with van der Waals surface area (Å²) in [6.45, 7) is 6.94. The molecule has 3 atom stereocenters. The van der Waals surface area contributed by atoms with Crippen LogP contribution < -0.4 is 0 Å². The first kappa shape index (κ1) is 17.0. The van der Waals surface area contributed by atoms with Crippen LogP contribution in [0, 0.1) is 17.8 Å². The summed E-state index contributed by atoms with van der Waals surface area (Å²) < 4.78 is 10.5. The lowest BCUT2D eigenvalue weighted by Crippen LogP contribution is -2.33. The fourth-order valence-electron chi connectivity index (χ4n) is 2.77. The first-order chi connectivity index (χ1) is 9.60. The second kappa shape index (κ2) is 8.98. The van der Waals surface area contributed by atoms with E-state index in [2.05, 4.69) is 6.92 Å². The van der Waals surface area contributed by atoms with Gasteiger partial charge in [-0.1, -0.05) is 33.6 Å². The number of hydrogen-bond acceptors (Lipinski definition) is 4. The maximum absolute atomic E-state index is 12.2. The van der Waals surface area contributed by atoms with Gasteiger partial charge in [0.15, 0.2) is 0 Å². The molecule has 0 N–H and O–H groups in total. The van der Waals surface area contributed by atoms with Crippen molar-refractivity contribution in [3.8, 4) is 0 Å². The van der Waals surface area contributed by atoms with Crippen LogP contribution in [0.2, 0.25) is 0 Å². The van der Waals surface area contributed by atoms with E-state index in [0.29, 0.717) is 19.1 Å². The summed E-state index contributed by atoms with van der Waals surface area (Å²) in [6, 6.07) is 0. The number of carbonyl (C=O) groups excluding carboxylic acids is 2. The van der Waals surface area contributed by atoms with Crippen molar-refractivity contribution in [2.24, 2.45) is 17.8 Å². The molecule has 116 valence electrons. The molecule has 0 heterocycles. The molecule has 1 aliphatic rings. The van der Waals surface area contributed by atoms with E-state index in [9.17, 15) is 9.59 Å². The van der Waals surface area contributed by atoms with Crippen LogP contribution in [0.25, 0.3) is 0 Å². The average Bonchev–Trinajstić information content (AvgIpc) is 2.63. The molecule has 0 radical (unpaired) electrons. The van der Waals surface area contributed by atoms with Gasteiger partial charge in [-0.3, -0.25) is 9.59 Å². The van der Waals surface area contributed by atoms with Gasteiger partial charge in [-0.2, -0.15) is 0 Å². The van der Waals surface area contributed by atoms with Crippen LogP contribution in [0.5, 0.6) is 0 Å². The van der Waals surface area contributed by atoms with Gasteiger partial charge in [0.05, 0.1) is 25.0 Å². The maximum Gasteiger partial charge on any atom is 0.309 e. The van der Waals surface area contributed by atoms with E-state index in [1.165, 1.54) is 0 Å². The summed E-state index contributed by atoms with van der Waals surface area (Å²) in [7, 11) is 0. The lowest BCUT2D eigenvalue weighted by Gasteiger charge is -2.23. The van der Waals surface area contributed by atoms with Gasteiger partial charge in [-0.25, -0.2) is 0 Å². The Kier molecular flexibility index (Phi) is 7.63. The first-order valence-electron chi connectivity index (χ1n) is 7.93. The summed E-state index contributed by atoms with van der Waals surface area (Å²) >= 11 is 0. The van der Waals surface area contributed by atoms with Crippen molar-refractivity contribution >= 4 is 11.9 Å². The summed E-state index contributed by atoms with van der Waals surface area (Å²) in [5.74, 6) is -0.643. The Morgan fingerprint density at radius 3 is 2.05 bits per heavy atom. The molecule has 4 heteroatoms. The number of esters is 2. The van der Waals surface area contributed by atoms with Crippen molar-refractivity contribution in [2.45, 2.75) is 59.3 Å². The van der Waals surface area contributed by atoms with Crippen LogP contribution in [-0.2, 0) is 19.1 Å². The zero-order chi connectivity index (χ0) is 15.0. The first-order valence-corrected chi connectivity index (χ1v) is 7.93. The van der Waals surface area contributed by atoms with Crippen LogP contribution in [0.15, 0.2) is 0 Å². The van der Waals surface area contributed by atoms with Crippen molar-refractivity contribution in [1.82, 2.24) is 0 Å².